The molecule has 48 valence electrons. The normalized spacial score (nSPS) is 24.0. The molecule has 1 heterocycles. The highest BCUT2D eigenvalue weighted by Crippen LogP contribution is 2.18. The van der Waals surface area contributed by atoms with Crippen molar-refractivity contribution in [3.63, 3.8) is 0 Å². The smallest absolute Gasteiger partial charge is 0.0109 e. The molecule has 2 N–H and O–H groups in total. The van der Waals surface area contributed by atoms with Crippen LogP contribution in [0.25, 0.3) is 0 Å². The third-order valence-corrected chi connectivity index (χ3v) is 2.86. The SMILES string of the molecule is C1CCSSNNC1. The van der Waals surface area contributed by atoms with Crippen molar-refractivity contribution in [2.24, 2.45) is 0 Å². The van der Waals surface area contributed by atoms with Crippen LogP contribution in [-0.4, -0.2) is 12.3 Å². The molecule has 0 bridgehead atoms. The predicted molar refractivity (Wildman–Crippen MR) is 40.4 cm³/mol. The summed E-state index contributed by atoms with van der Waals surface area (Å²) in [5.41, 5.74) is 3.08. The van der Waals surface area contributed by atoms with E-state index in [0.29, 0.717) is 0 Å². The summed E-state index contributed by atoms with van der Waals surface area (Å²) in [5, 5.41) is 0. The minimum atomic E-state index is 1.10. The summed E-state index contributed by atoms with van der Waals surface area (Å²) in [6.45, 7) is 1.10. The molecule has 1 saturated heterocycles. The van der Waals surface area contributed by atoms with Crippen LogP contribution in [0.2, 0.25) is 0 Å². The third kappa shape index (κ3) is 2.81. The van der Waals surface area contributed by atoms with Crippen LogP contribution in [0, 0.1) is 0 Å². The van der Waals surface area contributed by atoms with Crippen LogP contribution in [0.1, 0.15) is 12.8 Å². The Labute approximate surface area is 57.7 Å². The molecule has 0 aromatic carbocycles. The first-order valence-corrected chi connectivity index (χ1v) is 5.08. The molecule has 0 amide bonds. The average molecular weight is 150 g/mol. The zero-order valence-corrected chi connectivity index (χ0v) is 6.28. The van der Waals surface area contributed by atoms with Gasteiger partial charge in [-0.05, 0) is 12.8 Å². The Morgan fingerprint density at radius 2 is 2.25 bits per heavy atom. The van der Waals surface area contributed by atoms with Crippen LogP contribution in [0.4, 0.5) is 0 Å². The lowest BCUT2D eigenvalue weighted by Crippen LogP contribution is -2.26. The van der Waals surface area contributed by atoms with E-state index in [4.69, 9.17) is 0 Å². The molecule has 0 unspecified atom stereocenters. The number of hydrogen-bond donors (Lipinski definition) is 2. The molecule has 0 atom stereocenters. The third-order valence-electron chi connectivity index (χ3n) is 0.952. The van der Waals surface area contributed by atoms with E-state index in [2.05, 4.69) is 10.3 Å². The van der Waals surface area contributed by atoms with Gasteiger partial charge in [-0.25, -0.2) is 5.43 Å². The van der Waals surface area contributed by atoms with Gasteiger partial charge in [0.25, 0.3) is 0 Å². The first kappa shape index (κ1) is 6.74. The van der Waals surface area contributed by atoms with Crippen LogP contribution >= 0.6 is 21.8 Å². The van der Waals surface area contributed by atoms with Crippen LogP contribution in [0.3, 0.4) is 0 Å². The molecular weight excluding hydrogens is 140 g/mol. The van der Waals surface area contributed by atoms with Crippen molar-refractivity contribution >= 4 is 21.8 Å². The lowest BCUT2D eigenvalue weighted by molar-refractivity contribution is 0.636. The fourth-order valence-electron chi connectivity index (χ4n) is 0.526. The lowest BCUT2D eigenvalue weighted by atomic mass is 10.3. The van der Waals surface area contributed by atoms with Crippen LogP contribution in [-0.2, 0) is 0 Å². The highest BCUT2D eigenvalue weighted by molar-refractivity contribution is 8.76. The van der Waals surface area contributed by atoms with Crippen molar-refractivity contribution < 1.29 is 0 Å². The molecular formula is C4H10N2S2. The van der Waals surface area contributed by atoms with E-state index in [1.165, 1.54) is 18.6 Å². The van der Waals surface area contributed by atoms with E-state index < -0.39 is 0 Å². The molecule has 0 aliphatic carbocycles. The Bertz CT molecular complexity index is 36.0. The van der Waals surface area contributed by atoms with Gasteiger partial charge in [0.15, 0.2) is 0 Å². The van der Waals surface area contributed by atoms with Gasteiger partial charge in [-0.15, -0.1) is 0 Å². The summed E-state index contributed by atoms with van der Waals surface area (Å²) in [6, 6.07) is 0. The van der Waals surface area contributed by atoms with Crippen molar-refractivity contribution in [1.82, 2.24) is 10.3 Å². The summed E-state index contributed by atoms with van der Waals surface area (Å²) in [7, 11) is 3.56. The van der Waals surface area contributed by atoms with E-state index in [9.17, 15) is 0 Å². The van der Waals surface area contributed by atoms with Gasteiger partial charge in [0.05, 0.1) is 0 Å². The Balaban J connectivity index is 2.00. The highest BCUT2D eigenvalue weighted by Gasteiger charge is 1.94. The molecule has 1 aliphatic rings. The summed E-state index contributed by atoms with van der Waals surface area (Å²) < 4.78 is 0. The Hall–Kier alpha value is 0.620. The minimum Gasteiger partial charge on any atom is -0.247 e. The highest BCUT2D eigenvalue weighted by atomic mass is 33.1. The molecule has 4 heteroatoms. The van der Waals surface area contributed by atoms with Gasteiger partial charge in [0.2, 0.25) is 0 Å². The standard InChI is InChI=1S/C4H10N2S2/c1-2-4-7-8-6-5-3-1/h5-6H,1-4H2. The number of hydrogen-bond acceptors (Lipinski definition) is 4. The molecule has 0 radical (unpaired) electrons. The monoisotopic (exact) mass is 150 g/mol. The Morgan fingerprint density at radius 3 is 3.25 bits per heavy atom. The van der Waals surface area contributed by atoms with Gasteiger partial charge in [0.1, 0.15) is 0 Å². The summed E-state index contributed by atoms with van der Waals surface area (Å²) >= 11 is 0. The van der Waals surface area contributed by atoms with Crippen molar-refractivity contribution in [2.75, 3.05) is 12.3 Å². The van der Waals surface area contributed by atoms with Gasteiger partial charge < -0.3 is 0 Å². The molecule has 1 rings (SSSR count). The van der Waals surface area contributed by atoms with E-state index >= 15 is 0 Å². The molecule has 0 saturated carbocycles. The fraction of sp³-hybridized carbons (Fsp3) is 1.00. The number of rotatable bonds is 0. The largest absolute Gasteiger partial charge is 0.247 e. The van der Waals surface area contributed by atoms with Crippen molar-refractivity contribution in [3.05, 3.63) is 0 Å². The van der Waals surface area contributed by atoms with E-state index in [-0.39, 0.29) is 0 Å². The Kier molecular flexibility index (Phi) is 3.78. The average Bonchev–Trinajstić information content (AvgIpc) is 1.62. The van der Waals surface area contributed by atoms with E-state index in [1.54, 1.807) is 11.0 Å². The Morgan fingerprint density at radius 1 is 1.25 bits per heavy atom. The summed E-state index contributed by atoms with van der Waals surface area (Å²) in [5.74, 6) is 1.28. The van der Waals surface area contributed by atoms with E-state index in [1.807, 2.05) is 10.8 Å². The molecule has 0 aromatic heterocycles. The van der Waals surface area contributed by atoms with Crippen molar-refractivity contribution in [1.29, 1.82) is 0 Å². The molecule has 2 nitrogen and oxygen atoms in total. The second kappa shape index (κ2) is 4.49. The summed E-state index contributed by atoms with van der Waals surface area (Å²) in [6.07, 6.45) is 2.63. The van der Waals surface area contributed by atoms with Gasteiger partial charge in [-0.2, -0.15) is 4.83 Å². The van der Waals surface area contributed by atoms with Crippen molar-refractivity contribution in [2.45, 2.75) is 12.8 Å². The maximum absolute atomic E-state index is 3.08. The minimum absolute atomic E-state index is 1.10. The van der Waals surface area contributed by atoms with Crippen LogP contribution in [0.15, 0.2) is 0 Å². The molecule has 1 fully saturated rings. The molecule has 8 heavy (non-hydrogen) atoms. The fourth-order valence-corrected chi connectivity index (χ4v) is 2.11. The number of nitrogens with one attached hydrogen (secondary N) is 2. The molecule has 1 aliphatic heterocycles. The predicted octanol–water partition coefficient (Wildman–Crippen LogP) is 1.17. The first-order chi connectivity index (χ1) is 4.00. The lowest BCUT2D eigenvalue weighted by Gasteiger charge is -2.08. The van der Waals surface area contributed by atoms with Gasteiger partial charge in [-0.1, -0.05) is 10.8 Å². The maximum Gasteiger partial charge on any atom is 0.0109 e. The van der Waals surface area contributed by atoms with Gasteiger partial charge >= 0.3 is 0 Å². The molecule has 0 spiro atoms. The van der Waals surface area contributed by atoms with Gasteiger partial charge in [0, 0.05) is 23.3 Å². The van der Waals surface area contributed by atoms with Crippen LogP contribution < -0.4 is 10.3 Å². The zero-order valence-electron chi connectivity index (χ0n) is 4.64. The number of hydrazine groups is 1. The summed E-state index contributed by atoms with van der Waals surface area (Å²) in [4.78, 5) is 3.02. The quantitative estimate of drug-likeness (QED) is 0.400. The topological polar surface area (TPSA) is 24.1 Å². The van der Waals surface area contributed by atoms with Crippen molar-refractivity contribution in [3.8, 4) is 0 Å². The van der Waals surface area contributed by atoms with E-state index in [0.717, 1.165) is 6.54 Å². The second-order valence-electron chi connectivity index (χ2n) is 1.64. The first-order valence-electron chi connectivity index (χ1n) is 2.76. The second-order valence-corrected chi connectivity index (χ2v) is 3.86. The maximum atomic E-state index is 3.08. The molecule has 0 aromatic rings. The van der Waals surface area contributed by atoms with Crippen LogP contribution in [0.5, 0.6) is 0 Å². The van der Waals surface area contributed by atoms with Gasteiger partial charge in [-0.3, -0.25) is 0 Å². The zero-order chi connectivity index (χ0) is 5.66.